The number of aromatic nitrogens is 2. The second-order valence-corrected chi connectivity index (χ2v) is 6.70. The fourth-order valence-electron chi connectivity index (χ4n) is 4.32. The zero-order valence-corrected chi connectivity index (χ0v) is 12.3. The molecule has 1 aromatic carbocycles. The van der Waals surface area contributed by atoms with E-state index >= 15 is 0 Å². The van der Waals surface area contributed by atoms with E-state index in [-0.39, 0.29) is 5.41 Å². The first-order valence-corrected chi connectivity index (χ1v) is 7.38. The summed E-state index contributed by atoms with van der Waals surface area (Å²) in [6.45, 7) is 5.52. The quantitative estimate of drug-likeness (QED) is 0.913. The smallest absolute Gasteiger partial charge is 0.203 e. The van der Waals surface area contributed by atoms with Gasteiger partial charge in [-0.2, -0.15) is 0 Å². The molecule has 106 valence electrons. The number of nitrogens with zero attached hydrogens (tertiary/aromatic N) is 2. The second-order valence-electron chi connectivity index (χ2n) is 6.70. The summed E-state index contributed by atoms with van der Waals surface area (Å²) in [5.74, 6) is 1.61. The van der Waals surface area contributed by atoms with E-state index in [1.54, 1.807) is 0 Å². The molecule has 0 radical (unpaired) electrons. The number of nitrogens with one attached hydrogen (secondary N) is 1. The van der Waals surface area contributed by atoms with Crippen molar-refractivity contribution in [3.8, 4) is 0 Å². The molecular formula is C16H21N3O. The average molecular weight is 271 g/mol. The lowest BCUT2D eigenvalue weighted by molar-refractivity contribution is -0.101. The number of hydrogen-bond donors (Lipinski definition) is 1. The third-order valence-electron chi connectivity index (χ3n) is 5.17. The highest BCUT2D eigenvalue weighted by atomic mass is 16.5. The third-order valence-corrected chi connectivity index (χ3v) is 5.17. The predicted octanol–water partition coefficient (Wildman–Crippen LogP) is 2.81. The average Bonchev–Trinajstić information content (AvgIpc) is 3.02. The van der Waals surface area contributed by atoms with Crippen molar-refractivity contribution in [1.82, 2.24) is 9.97 Å². The summed E-state index contributed by atoms with van der Waals surface area (Å²) in [5.41, 5.74) is 2.32. The molecule has 4 nitrogen and oxygen atoms in total. The number of anilines is 1. The van der Waals surface area contributed by atoms with Gasteiger partial charge in [-0.05, 0) is 18.6 Å². The van der Waals surface area contributed by atoms with E-state index in [4.69, 9.17) is 9.72 Å². The molecule has 2 heterocycles. The first-order chi connectivity index (χ1) is 9.59. The molecule has 0 bridgehead atoms. The van der Waals surface area contributed by atoms with Gasteiger partial charge < -0.3 is 14.6 Å². The van der Waals surface area contributed by atoms with Crippen LogP contribution in [-0.4, -0.2) is 35.8 Å². The number of ether oxygens (including phenoxy) is 1. The summed E-state index contributed by atoms with van der Waals surface area (Å²) in [6.07, 6.45) is 1.59. The van der Waals surface area contributed by atoms with Crippen molar-refractivity contribution >= 4 is 17.0 Å². The van der Waals surface area contributed by atoms with Crippen LogP contribution in [0, 0.1) is 11.3 Å². The molecule has 1 aliphatic heterocycles. The maximum atomic E-state index is 5.89. The molecule has 2 aliphatic rings. The summed E-state index contributed by atoms with van der Waals surface area (Å²) >= 11 is 0. The number of aromatic amines is 1. The van der Waals surface area contributed by atoms with Crippen LogP contribution in [0.25, 0.3) is 11.0 Å². The van der Waals surface area contributed by atoms with Crippen LogP contribution >= 0.6 is 0 Å². The van der Waals surface area contributed by atoms with E-state index in [0.717, 1.165) is 23.6 Å². The van der Waals surface area contributed by atoms with Crippen LogP contribution in [0.4, 0.5) is 5.95 Å². The number of para-hydroxylation sites is 2. The Labute approximate surface area is 119 Å². The van der Waals surface area contributed by atoms with Gasteiger partial charge in [0.15, 0.2) is 0 Å². The Kier molecular flexibility index (Phi) is 2.43. The molecule has 2 fully saturated rings. The van der Waals surface area contributed by atoms with Crippen molar-refractivity contribution in [2.45, 2.75) is 32.4 Å². The summed E-state index contributed by atoms with van der Waals surface area (Å²) in [6, 6.07) is 8.69. The standard InChI is InChI=1S/C16H21N3O/c1-16(2)13(10-8-9-20-14(10)16)19(3)15-17-11-6-4-5-7-12(11)18-15/h4-7,10,13-14H,8-9H2,1-3H3,(H,17,18). The Morgan fingerprint density at radius 2 is 2.15 bits per heavy atom. The van der Waals surface area contributed by atoms with Gasteiger partial charge in [-0.15, -0.1) is 0 Å². The van der Waals surface area contributed by atoms with Crippen LogP contribution < -0.4 is 4.90 Å². The van der Waals surface area contributed by atoms with Gasteiger partial charge >= 0.3 is 0 Å². The molecule has 4 rings (SSSR count). The van der Waals surface area contributed by atoms with Crippen molar-refractivity contribution in [2.75, 3.05) is 18.6 Å². The summed E-state index contributed by atoms with van der Waals surface area (Å²) in [7, 11) is 2.15. The molecule has 1 saturated heterocycles. The topological polar surface area (TPSA) is 41.2 Å². The van der Waals surface area contributed by atoms with Gasteiger partial charge in [-0.1, -0.05) is 26.0 Å². The Morgan fingerprint density at radius 1 is 1.35 bits per heavy atom. The zero-order chi connectivity index (χ0) is 13.9. The number of benzene rings is 1. The predicted molar refractivity (Wildman–Crippen MR) is 79.9 cm³/mol. The van der Waals surface area contributed by atoms with Crippen molar-refractivity contribution in [1.29, 1.82) is 0 Å². The molecule has 0 spiro atoms. The van der Waals surface area contributed by atoms with Gasteiger partial charge in [-0.3, -0.25) is 0 Å². The second kappa shape index (κ2) is 3.98. The van der Waals surface area contributed by atoms with Crippen molar-refractivity contribution in [3.63, 3.8) is 0 Å². The van der Waals surface area contributed by atoms with Crippen LogP contribution in [0.2, 0.25) is 0 Å². The molecular weight excluding hydrogens is 250 g/mol. The molecule has 1 aromatic heterocycles. The molecule has 4 heteroatoms. The maximum Gasteiger partial charge on any atom is 0.203 e. The SMILES string of the molecule is CN(c1nc2ccccc2[nH]1)C1C2CCOC2C1(C)C. The van der Waals surface area contributed by atoms with Crippen LogP contribution in [0.15, 0.2) is 24.3 Å². The Bertz CT molecular complexity index is 615. The summed E-state index contributed by atoms with van der Waals surface area (Å²) in [4.78, 5) is 10.5. The largest absolute Gasteiger partial charge is 0.377 e. The lowest BCUT2D eigenvalue weighted by atomic mass is 9.57. The fraction of sp³-hybridized carbons (Fsp3) is 0.562. The first-order valence-electron chi connectivity index (χ1n) is 7.38. The van der Waals surface area contributed by atoms with Crippen LogP contribution in [0.5, 0.6) is 0 Å². The number of H-pyrrole nitrogens is 1. The normalized spacial score (nSPS) is 31.1. The van der Waals surface area contributed by atoms with Gasteiger partial charge in [0.2, 0.25) is 5.95 Å². The Morgan fingerprint density at radius 3 is 2.95 bits per heavy atom. The monoisotopic (exact) mass is 271 g/mol. The van der Waals surface area contributed by atoms with E-state index in [0.29, 0.717) is 18.1 Å². The fourth-order valence-corrected chi connectivity index (χ4v) is 4.32. The minimum absolute atomic E-state index is 0.189. The van der Waals surface area contributed by atoms with Gasteiger partial charge in [0.25, 0.3) is 0 Å². The number of rotatable bonds is 2. The minimum atomic E-state index is 0.189. The van der Waals surface area contributed by atoms with Gasteiger partial charge in [0.05, 0.1) is 17.1 Å². The zero-order valence-electron chi connectivity index (χ0n) is 12.3. The van der Waals surface area contributed by atoms with E-state index in [9.17, 15) is 0 Å². The molecule has 3 unspecified atom stereocenters. The van der Waals surface area contributed by atoms with E-state index in [1.807, 2.05) is 12.1 Å². The highest BCUT2D eigenvalue weighted by Crippen LogP contribution is 2.54. The number of fused-ring (bicyclic) bond motifs is 2. The third kappa shape index (κ3) is 1.48. The number of hydrogen-bond acceptors (Lipinski definition) is 3. The molecule has 3 atom stereocenters. The highest BCUT2D eigenvalue weighted by Gasteiger charge is 2.61. The van der Waals surface area contributed by atoms with E-state index < -0.39 is 0 Å². The summed E-state index contributed by atoms with van der Waals surface area (Å²) < 4.78 is 5.89. The number of imidazole rings is 1. The van der Waals surface area contributed by atoms with E-state index in [1.165, 1.54) is 6.42 Å². The molecule has 0 amide bonds. The molecule has 1 aliphatic carbocycles. The molecule has 2 aromatic rings. The van der Waals surface area contributed by atoms with Crippen molar-refractivity contribution in [2.24, 2.45) is 11.3 Å². The van der Waals surface area contributed by atoms with E-state index in [2.05, 4.69) is 42.9 Å². The van der Waals surface area contributed by atoms with Crippen molar-refractivity contribution < 1.29 is 4.74 Å². The highest BCUT2D eigenvalue weighted by molar-refractivity contribution is 5.77. The van der Waals surface area contributed by atoms with Crippen LogP contribution in [0.3, 0.4) is 0 Å². The lowest BCUT2D eigenvalue weighted by Gasteiger charge is -2.57. The van der Waals surface area contributed by atoms with Gasteiger partial charge in [0, 0.05) is 31.0 Å². The minimum Gasteiger partial charge on any atom is -0.377 e. The molecule has 1 saturated carbocycles. The van der Waals surface area contributed by atoms with Crippen LogP contribution in [0.1, 0.15) is 20.3 Å². The Balaban J connectivity index is 1.68. The van der Waals surface area contributed by atoms with Gasteiger partial charge in [-0.25, -0.2) is 4.98 Å². The first kappa shape index (κ1) is 12.2. The van der Waals surface area contributed by atoms with Crippen molar-refractivity contribution in [3.05, 3.63) is 24.3 Å². The Hall–Kier alpha value is -1.55. The molecule has 20 heavy (non-hydrogen) atoms. The maximum absolute atomic E-state index is 5.89. The van der Waals surface area contributed by atoms with Gasteiger partial charge in [0.1, 0.15) is 0 Å². The summed E-state index contributed by atoms with van der Waals surface area (Å²) in [5, 5.41) is 0. The molecule has 1 N–H and O–H groups in total. The van der Waals surface area contributed by atoms with Crippen LogP contribution in [-0.2, 0) is 4.74 Å². The lowest BCUT2D eigenvalue weighted by Crippen LogP contribution is -2.66.